The monoisotopic (exact) mass is 196 g/mol. The van der Waals surface area contributed by atoms with E-state index in [9.17, 15) is 4.79 Å². The summed E-state index contributed by atoms with van der Waals surface area (Å²) in [5.41, 5.74) is 1.21. The van der Waals surface area contributed by atoms with Gasteiger partial charge in [-0.3, -0.25) is 4.90 Å². The lowest BCUT2D eigenvalue weighted by Gasteiger charge is -2.16. The fourth-order valence-electron chi connectivity index (χ4n) is 1.35. The molecule has 4 heteroatoms. The van der Waals surface area contributed by atoms with Crippen molar-refractivity contribution in [1.82, 2.24) is 9.88 Å². The van der Waals surface area contributed by atoms with Crippen LogP contribution in [0, 0.1) is 0 Å². The van der Waals surface area contributed by atoms with E-state index in [-0.39, 0.29) is 5.69 Å². The van der Waals surface area contributed by atoms with Crippen LogP contribution in [0.3, 0.4) is 0 Å². The lowest BCUT2D eigenvalue weighted by molar-refractivity contribution is 0.0691. The predicted octanol–water partition coefficient (Wildman–Crippen LogP) is 1.55. The Balaban J connectivity index is 2.63. The minimum absolute atomic E-state index is 0.257. The molecule has 1 heterocycles. The molecule has 0 saturated heterocycles. The number of nitrogens with one attached hydrogen (secondary N) is 1. The molecule has 78 valence electrons. The summed E-state index contributed by atoms with van der Waals surface area (Å²) in [5, 5.41) is 8.70. The molecular weight excluding hydrogens is 180 g/mol. The quantitative estimate of drug-likeness (QED) is 0.751. The van der Waals surface area contributed by atoms with Crippen molar-refractivity contribution in [2.24, 2.45) is 0 Å². The molecule has 4 nitrogen and oxygen atoms in total. The van der Waals surface area contributed by atoms with Gasteiger partial charge < -0.3 is 10.1 Å². The molecule has 1 rings (SSSR count). The van der Waals surface area contributed by atoms with Gasteiger partial charge in [0, 0.05) is 12.2 Å². The molecule has 0 unspecified atom stereocenters. The summed E-state index contributed by atoms with van der Waals surface area (Å²) in [4.78, 5) is 15.7. The Morgan fingerprint density at radius 1 is 1.43 bits per heavy atom. The van der Waals surface area contributed by atoms with E-state index in [1.165, 1.54) is 0 Å². The third-order valence-electron chi connectivity index (χ3n) is 2.27. The first-order valence-electron chi connectivity index (χ1n) is 4.80. The molecular formula is C10H16N2O2. The van der Waals surface area contributed by atoms with E-state index >= 15 is 0 Å². The van der Waals surface area contributed by atoms with Crippen molar-refractivity contribution < 1.29 is 9.90 Å². The van der Waals surface area contributed by atoms with Crippen LogP contribution in [-0.4, -0.2) is 34.0 Å². The zero-order chi connectivity index (χ0) is 10.6. The number of carbonyl (C=O) groups is 1. The largest absolute Gasteiger partial charge is 0.477 e. The van der Waals surface area contributed by atoms with Crippen LogP contribution in [-0.2, 0) is 6.54 Å². The van der Waals surface area contributed by atoms with Gasteiger partial charge >= 0.3 is 5.97 Å². The third kappa shape index (κ3) is 2.60. The van der Waals surface area contributed by atoms with Crippen LogP contribution >= 0.6 is 0 Å². The highest BCUT2D eigenvalue weighted by molar-refractivity contribution is 5.85. The maximum absolute atomic E-state index is 10.6. The van der Waals surface area contributed by atoms with Crippen molar-refractivity contribution >= 4 is 5.97 Å². The lowest BCUT2D eigenvalue weighted by atomic mass is 10.4. The van der Waals surface area contributed by atoms with Crippen LogP contribution in [0.2, 0.25) is 0 Å². The summed E-state index contributed by atoms with van der Waals surface area (Å²) >= 11 is 0. The van der Waals surface area contributed by atoms with Crippen molar-refractivity contribution in [2.75, 3.05) is 13.1 Å². The van der Waals surface area contributed by atoms with Crippen molar-refractivity contribution in [1.29, 1.82) is 0 Å². The Morgan fingerprint density at radius 3 is 2.50 bits per heavy atom. The van der Waals surface area contributed by atoms with E-state index < -0.39 is 5.97 Å². The highest BCUT2D eigenvalue weighted by Crippen LogP contribution is 2.05. The Morgan fingerprint density at radius 2 is 2.07 bits per heavy atom. The third-order valence-corrected chi connectivity index (χ3v) is 2.27. The van der Waals surface area contributed by atoms with Gasteiger partial charge in [0.15, 0.2) is 0 Å². The molecule has 0 fully saturated rings. The van der Waals surface area contributed by atoms with Gasteiger partial charge in [0.05, 0.1) is 0 Å². The number of aromatic carboxylic acids is 1. The molecule has 0 radical (unpaired) electrons. The van der Waals surface area contributed by atoms with Gasteiger partial charge in [-0.1, -0.05) is 13.8 Å². The van der Waals surface area contributed by atoms with Crippen LogP contribution < -0.4 is 0 Å². The number of carboxylic acid groups (broad SMARTS) is 1. The summed E-state index contributed by atoms with van der Waals surface area (Å²) in [6, 6.07) is 3.42. The van der Waals surface area contributed by atoms with Crippen LogP contribution in [0.5, 0.6) is 0 Å². The van der Waals surface area contributed by atoms with Crippen molar-refractivity contribution in [2.45, 2.75) is 20.4 Å². The highest BCUT2D eigenvalue weighted by atomic mass is 16.4. The average Bonchev–Trinajstić information content (AvgIpc) is 2.62. The van der Waals surface area contributed by atoms with E-state index in [2.05, 4.69) is 23.7 Å². The molecule has 0 atom stereocenters. The summed E-state index contributed by atoms with van der Waals surface area (Å²) in [7, 11) is 0. The Hall–Kier alpha value is -1.29. The minimum Gasteiger partial charge on any atom is -0.477 e. The molecule has 0 aliphatic carbocycles. The Bertz CT molecular complexity index is 303. The average molecular weight is 196 g/mol. The molecule has 0 aliphatic heterocycles. The summed E-state index contributed by atoms with van der Waals surface area (Å²) < 4.78 is 0. The van der Waals surface area contributed by atoms with Crippen LogP contribution in [0.1, 0.15) is 30.0 Å². The van der Waals surface area contributed by atoms with Gasteiger partial charge in [-0.2, -0.15) is 0 Å². The number of rotatable bonds is 5. The molecule has 1 aromatic heterocycles. The fourth-order valence-corrected chi connectivity index (χ4v) is 1.35. The molecule has 14 heavy (non-hydrogen) atoms. The normalized spacial score (nSPS) is 10.8. The second-order valence-corrected chi connectivity index (χ2v) is 3.16. The number of hydrogen-bond donors (Lipinski definition) is 2. The van der Waals surface area contributed by atoms with Crippen molar-refractivity contribution in [3.8, 4) is 0 Å². The fraction of sp³-hybridized carbons (Fsp3) is 0.500. The van der Waals surface area contributed by atoms with Gasteiger partial charge in [-0.15, -0.1) is 0 Å². The van der Waals surface area contributed by atoms with Gasteiger partial charge in [-0.05, 0) is 25.2 Å². The van der Waals surface area contributed by atoms with E-state index in [0.717, 1.165) is 25.3 Å². The first-order valence-corrected chi connectivity index (χ1v) is 4.80. The molecule has 0 spiro atoms. The number of carboxylic acids is 1. The molecule has 0 amide bonds. The SMILES string of the molecule is CCN(CC)Cc1ccc(C(=O)O)[nH]1. The van der Waals surface area contributed by atoms with E-state index in [0.29, 0.717) is 0 Å². The first kappa shape index (κ1) is 10.8. The van der Waals surface area contributed by atoms with Gasteiger partial charge in [0.2, 0.25) is 0 Å². The van der Waals surface area contributed by atoms with Crippen LogP contribution in [0.25, 0.3) is 0 Å². The van der Waals surface area contributed by atoms with Crippen molar-refractivity contribution in [3.05, 3.63) is 23.5 Å². The summed E-state index contributed by atoms with van der Waals surface area (Å²) in [6.45, 7) is 6.89. The first-order chi connectivity index (χ1) is 6.67. The summed E-state index contributed by atoms with van der Waals surface area (Å²) in [5.74, 6) is -0.907. The Labute approximate surface area is 83.5 Å². The van der Waals surface area contributed by atoms with Crippen LogP contribution in [0.15, 0.2) is 12.1 Å². The molecule has 0 aromatic carbocycles. The minimum atomic E-state index is -0.907. The second-order valence-electron chi connectivity index (χ2n) is 3.16. The maximum Gasteiger partial charge on any atom is 0.352 e. The highest BCUT2D eigenvalue weighted by Gasteiger charge is 2.07. The second kappa shape index (κ2) is 4.81. The van der Waals surface area contributed by atoms with Gasteiger partial charge in [0.25, 0.3) is 0 Å². The summed E-state index contributed by atoms with van der Waals surface area (Å²) in [6.07, 6.45) is 0. The van der Waals surface area contributed by atoms with E-state index in [1.54, 1.807) is 6.07 Å². The standard InChI is InChI=1S/C10H16N2O2/c1-3-12(4-2)7-8-5-6-9(11-8)10(13)14/h5-6,11H,3-4,7H2,1-2H3,(H,13,14). The van der Waals surface area contributed by atoms with E-state index in [4.69, 9.17) is 5.11 Å². The van der Waals surface area contributed by atoms with Gasteiger partial charge in [-0.25, -0.2) is 4.79 Å². The smallest absolute Gasteiger partial charge is 0.352 e. The Kier molecular flexibility index (Phi) is 3.71. The molecule has 2 N–H and O–H groups in total. The zero-order valence-corrected chi connectivity index (χ0v) is 8.58. The topological polar surface area (TPSA) is 56.3 Å². The number of hydrogen-bond acceptors (Lipinski definition) is 2. The van der Waals surface area contributed by atoms with E-state index in [1.807, 2.05) is 6.07 Å². The van der Waals surface area contributed by atoms with Crippen LogP contribution in [0.4, 0.5) is 0 Å². The predicted molar refractivity (Wildman–Crippen MR) is 54.4 cm³/mol. The molecule has 1 aromatic rings. The maximum atomic E-state index is 10.6. The zero-order valence-electron chi connectivity index (χ0n) is 8.58. The number of aromatic amines is 1. The molecule has 0 aliphatic rings. The lowest BCUT2D eigenvalue weighted by Crippen LogP contribution is -2.22. The number of aromatic nitrogens is 1. The molecule has 0 saturated carbocycles. The molecule has 0 bridgehead atoms. The van der Waals surface area contributed by atoms with Gasteiger partial charge in [0.1, 0.15) is 5.69 Å². The number of H-pyrrole nitrogens is 1. The number of nitrogens with zero attached hydrogens (tertiary/aromatic N) is 1. The van der Waals surface area contributed by atoms with Crippen molar-refractivity contribution in [3.63, 3.8) is 0 Å².